The van der Waals surface area contributed by atoms with E-state index >= 15 is 0 Å². The number of nitrogens with two attached hydrogens (primary N) is 1. The SMILES string of the molecule is NC(=S)c1ccc(S(=O)(=O)NCc2ccccn2)c(Cl)c1. The summed E-state index contributed by atoms with van der Waals surface area (Å²) in [5.41, 5.74) is 6.60. The van der Waals surface area contributed by atoms with E-state index in [0.717, 1.165) is 0 Å². The first-order chi connectivity index (χ1) is 9.90. The Morgan fingerprint density at radius 1 is 1.33 bits per heavy atom. The minimum atomic E-state index is -3.74. The lowest BCUT2D eigenvalue weighted by Crippen LogP contribution is -2.24. The second-order valence-electron chi connectivity index (χ2n) is 4.16. The first-order valence-electron chi connectivity index (χ1n) is 5.89. The van der Waals surface area contributed by atoms with Gasteiger partial charge in [0.1, 0.15) is 9.88 Å². The van der Waals surface area contributed by atoms with Gasteiger partial charge in [0.05, 0.1) is 17.3 Å². The summed E-state index contributed by atoms with van der Waals surface area (Å²) in [6, 6.07) is 9.57. The quantitative estimate of drug-likeness (QED) is 0.811. The summed E-state index contributed by atoms with van der Waals surface area (Å²) in [5, 5.41) is 0.0637. The minimum absolute atomic E-state index is 0.0277. The predicted octanol–water partition coefficient (Wildman–Crippen LogP) is 1.85. The number of hydrogen-bond donors (Lipinski definition) is 2. The molecule has 0 saturated carbocycles. The topological polar surface area (TPSA) is 85.1 Å². The summed E-state index contributed by atoms with van der Waals surface area (Å²) in [6.45, 7) is 0.0799. The molecule has 0 amide bonds. The normalized spacial score (nSPS) is 11.3. The van der Waals surface area contributed by atoms with Crippen LogP contribution >= 0.6 is 23.8 Å². The third-order valence-electron chi connectivity index (χ3n) is 2.68. The van der Waals surface area contributed by atoms with Crippen molar-refractivity contribution in [3.63, 3.8) is 0 Å². The van der Waals surface area contributed by atoms with E-state index in [9.17, 15) is 8.42 Å². The molecule has 1 aromatic heterocycles. The van der Waals surface area contributed by atoms with Crippen LogP contribution in [0.1, 0.15) is 11.3 Å². The molecule has 1 aromatic carbocycles. The lowest BCUT2D eigenvalue weighted by molar-refractivity contribution is 0.580. The number of pyridine rings is 1. The van der Waals surface area contributed by atoms with Gasteiger partial charge < -0.3 is 5.73 Å². The number of thiocarbonyl (C=S) groups is 1. The second kappa shape index (κ2) is 6.48. The molecule has 8 heteroatoms. The van der Waals surface area contributed by atoms with Gasteiger partial charge >= 0.3 is 0 Å². The molecule has 0 aliphatic rings. The van der Waals surface area contributed by atoms with Crippen LogP contribution < -0.4 is 10.5 Å². The number of aromatic nitrogens is 1. The van der Waals surface area contributed by atoms with Gasteiger partial charge in [0.2, 0.25) is 10.0 Å². The van der Waals surface area contributed by atoms with E-state index in [1.165, 1.54) is 18.2 Å². The van der Waals surface area contributed by atoms with Crippen LogP contribution in [0.4, 0.5) is 0 Å². The maximum Gasteiger partial charge on any atom is 0.242 e. The number of benzene rings is 1. The number of halogens is 1. The van der Waals surface area contributed by atoms with Crippen LogP contribution in [0.15, 0.2) is 47.5 Å². The van der Waals surface area contributed by atoms with Crippen molar-refractivity contribution in [2.75, 3.05) is 0 Å². The summed E-state index contributed by atoms with van der Waals surface area (Å²) in [4.78, 5) is 4.17. The van der Waals surface area contributed by atoms with Crippen LogP contribution in [0.5, 0.6) is 0 Å². The molecule has 3 N–H and O–H groups in total. The summed E-state index contributed by atoms with van der Waals surface area (Å²) >= 11 is 10.8. The molecule has 0 radical (unpaired) electrons. The van der Waals surface area contributed by atoms with Gasteiger partial charge in [0.15, 0.2) is 0 Å². The summed E-state index contributed by atoms with van der Waals surface area (Å²) < 4.78 is 26.9. The minimum Gasteiger partial charge on any atom is -0.389 e. The third-order valence-corrected chi connectivity index (χ3v) is 4.80. The van der Waals surface area contributed by atoms with Crippen molar-refractivity contribution >= 4 is 38.8 Å². The van der Waals surface area contributed by atoms with Crippen molar-refractivity contribution < 1.29 is 8.42 Å². The van der Waals surface area contributed by atoms with Crippen LogP contribution in [0.2, 0.25) is 5.02 Å². The van der Waals surface area contributed by atoms with Gasteiger partial charge in [-0.25, -0.2) is 13.1 Å². The number of nitrogens with one attached hydrogen (secondary N) is 1. The van der Waals surface area contributed by atoms with E-state index in [-0.39, 0.29) is 21.5 Å². The van der Waals surface area contributed by atoms with Crippen LogP contribution in [-0.4, -0.2) is 18.4 Å². The molecule has 0 aliphatic heterocycles. The fraction of sp³-hybridized carbons (Fsp3) is 0.0769. The van der Waals surface area contributed by atoms with Crippen LogP contribution in [0.25, 0.3) is 0 Å². The number of hydrogen-bond acceptors (Lipinski definition) is 4. The molecule has 1 heterocycles. The highest BCUT2D eigenvalue weighted by Crippen LogP contribution is 2.22. The highest BCUT2D eigenvalue weighted by molar-refractivity contribution is 7.89. The zero-order valence-corrected chi connectivity index (χ0v) is 13.2. The zero-order chi connectivity index (χ0) is 15.5. The predicted molar refractivity (Wildman–Crippen MR) is 85.6 cm³/mol. The second-order valence-corrected chi connectivity index (χ2v) is 6.74. The molecule has 2 aromatic rings. The Kier molecular flexibility index (Phi) is 4.89. The van der Waals surface area contributed by atoms with Gasteiger partial charge in [-0.2, -0.15) is 0 Å². The molecule has 0 spiro atoms. The summed E-state index contributed by atoms with van der Waals surface area (Å²) in [5.74, 6) is 0. The molecule has 0 saturated heterocycles. The van der Waals surface area contributed by atoms with Gasteiger partial charge in [-0.15, -0.1) is 0 Å². The molecule has 0 bridgehead atoms. The standard InChI is InChI=1S/C13H12ClN3O2S2/c14-11-7-9(13(15)20)4-5-12(11)21(18,19)17-8-10-3-1-2-6-16-10/h1-7,17H,8H2,(H2,15,20). The molecule has 5 nitrogen and oxygen atoms in total. The van der Waals surface area contributed by atoms with E-state index in [1.54, 1.807) is 24.4 Å². The summed E-state index contributed by atoms with van der Waals surface area (Å²) in [7, 11) is -3.74. The van der Waals surface area contributed by atoms with Crippen molar-refractivity contribution in [1.29, 1.82) is 0 Å². The van der Waals surface area contributed by atoms with Crippen LogP contribution in [0.3, 0.4) is 0 Å². The van der Waals surface area contributed by atoms with E-state index in [4.69, 9.17) is 29.6 Å². The molecular formula is C13H12ClN3O2S2. The van der Waals surface area contributed by atoms with Gasteiger partial charge in [0.25, 0.3) is 0 Å². The lowest BCUT2D eigenvalue weighted by atomic mass is 10.2. The van der Waals surface area contributed by atoms with Crippen LogP contribution in [0, 0.1) is 0 Å². The summed E-state index contributed by atoms with van der Waals surface area (Å²) in [6.07, 6.45) is 1.59. The third kappa shape index (κ3) is 3.98. The fourth-order valence-corrected chi connectivity index (χ4v) is 3.29. The first kappa shape index (κ1) is 15.8. The maximum absolute atomic E-state index is 12.2. The zero-order valence-electron chi connectivity index (χ0n) is 10.8. The van der Waals surface area contributed by atoms with E-state index < -0.39 is 10.0 Å². The molecule has 21 heavy (non-hydrogen) atoms. The maximum atomic E-state index is 12.2. The van der Waals surface area contributed by atoms with Crippen molar-refractivity contribution in [2.24, 2.45) is 5.73 Å². The van der Waals surface area contributed by atoms with E-state index in [0.29, 0.717) is 11.3 Å². The van der Waals surface area contributed by atoms with Crippen molar-refractivity contribution in [2.45, 2.75) is 11.4 Å². The number of nitrogens with zero attached hydrogens (tertiary/aromatic N) is 1. The average molecular weight is 342 g/mol. The Morgan fingerprint density at radius 2 is 2.10 bits per heavy atom. The smallest absolute Gasteiger partial charge is 0.242 e. The Labute approximate surface area is 133 Å². The highest BCUT2D eigenvalue weighted by Gasteiger charge is 2.18. The molecule has 110 valence electrons. The highest BCUT2D eigenvalue weighted by atomic mass is 35.5. The average Bonchev–Trinajstić information content (AvgIpc) is 2.46. The van der Waals surface area contributed by atoms with Crippen molar-refractivity contribution in [3.05, 3.63) is 58.9 Å². The number of sulfonamides is 1. The molecule has 2 rings (SSSR count). The molecule has 0 fully saturated rings. The van der Waals surface area contributed by atoms with Crippen molar-refractivity contribution in [3.8, 4) is 0 Å². The number of rotatable bonds is 5. The Bertz CT molecular complexity index is 764. The molecule has 0 unspecified atom stereocenters. The van der Waals surface area contributed by atoms with E-state index in [1.807, 2.05) is 0 Å². The van der Waals surface area contributed by atoms with Gasteiger partial charge in [-0.1, -0.05) is 36.0 Å². The largest absolute Gasteiger partial charge is 0.389 e. The Morgan fingerprint density at radius 3 is 2.67 bits per heavy atom. The first-order valence-corrected chi connectivity index (χ1v) is 8.16. The monoisotopic (exact) mass is 341 g/mol. The van der Waals surface area contributed by atoms with Gasteiger partial charge in [0, 0.05) is 11.8 Å². The fourth-order valence-electron chi connectivity index (χ4n) is 1.62. The molecule has 0 aliphatic carbocycles. The molecule has 0 atom stereocenters. The molecular weight excluding hydrogens is 330 g/mol. The Balaban J connectivity index is 2.22. The van der Waals surface area contributed by atoms with Crippen molar-refractivity contribution in [1.82, 2.24) is 9.71 Å². The van der Waals surface area contributed by atoms with Gasteiger partial charge in [-0.3, -0.25) is 4.98 Å². The van der Waals surface area contributed by atoms with Crippen LogP contribution in [-0.2, 0) is 16.6 Å². The van der Waals surface area contributed by atoms with E-state index in [2.05, 4.69) is 9.71 Å². The Hall–Kier alpha value is -1.54. The lowest BCUT2D eigenvalue weighted by Gasteiger charge is -2.09. The van der Waals surface area contributed by atoms with Gasteiger partial charge in [-0.05, 0) is 24.3 Å².